The fourth-order valence-corrected chi connectivity index (χ4v) is 8.09. The molecule has 14 heteroatoms. The van der Waals surface area contributed by atoms with E-state index >= 15 is 0 Å². The first kappa shape index (κ1) is 28.7. The van der Waals surface area contributed by atoms with Crippen molar-refractivity contribution in [3.05, 3.63) is 104 Å². The molecule has 3 aromatic carbocycles. The summed E-state index contributed by atoms with van der Waals surface area (Å²) in [6.45, 7) is -0.463. The van der Waals surface area contributed by atoms with Crippen LogP contribution in [-0.4, -0.2) is 32.6 Å². The lowest BCUT2D eigenvalue weighted by Crippen LogP contribution is -2.33. The number of carbonyl (C=O) groups excluding carboxylic acids is 3. The third-order valence-electron chi connectivity index (χ3n) is 7.18. The van der Waals surface area contributed by atoms with Gasteiger partial charge in [0, 0.05) is 16.5 Å². The van der Waals surface area contributed by atoms with Crippen molar-refractivity contribution in [2.75, 3.05) is 10.2 Å². The van der Waals surface area contributed by atoms with E-state index in [2.05, 4.69) is 5.32 Å². The van der Waals surface area contributed by atoms with Gasteiger partial charge in [-0.15, -0.1) is 0 Å². The fraction of sp³-hybridized carbons (Fsp3) is 0.172. The third-order valence-corrected chi connectivity index (χ3v) is 9.79. The average Bonchev–Trinajstić information content (AvgIpc) is 3.40. The van der Waals surface area contributed by atoms with Gasteiger partial charge in [-0.25, -0.2) is 9.29 Å². The van der Waals surface area contributed by atoms with Crippen molar-refractivity contribution in [2.45, 2.75) is 28.9 Å². The number of anilines is 2. The minimum Gasteiger partial charge on any atom is -0.508 e. The van der Waals surface area contributed by atoms with Gasteiger partial charge >= 0.3 is 11.0 Å². The molecule has 3 unspecified atom stereocenters. The summed E-state index contributed by atoms with van der Waals surface area (Å²) in [5.41, 5.74) is -1.03. The zero-order chi connectivity index (χ0) is 30.6. The van der Waals surface area contributed by atoms with Crippen LogP contribution in [0, 0.1) is 11.7 Å². The van der Waals surface area contributed by atoms with Gasteiger partial charge in [0.1, 0.15) is 23.4 Å². The molecule has 2 aliphatic heterocycles. The van der Waals surface area contributed by atoms with Crippen LogP contribution in [0.5, 0.6) is 5.75 Å². The molecule has 0 saturated carbocycles. The number of alkyl halides is 3. The first-order valence-electron chi connectivity index (χ1n) is 12.7. The molecule has 0 radical (unpaired) electrons. The van der Waals surface area contributed by atoms with E-state index in [1.165, 1.54) is 42.5 Å². The Bertz CT molecular complexity index is 1820. The van der Waals surface area contributed by atoms with E-state index in [0.29, 0.717) is 21.0 Å². The number of amides is 3. The van der Waals surface area contributed by atoms with Gasteiger partial charge in [-0.3, -0.25) is 23.7 Å². The van der Waals surface area contributed by atoms with Crippen LogP contribution < -0.4 is 15.1 Å². The first-order chi connectivity index (χ1) is 20.4. The van der Waals surface area contributed by atoms with Gasteiger partial charge in [-0.05, 0) is 54.1 Å². The zero-order valence-electron chi connectivity index (χ0n) is 21.7. The molecule has 0 aliphatic carbocycles. The second-order valence-electron chi connectivity index (χ2n) is 9.84. The van der Waals surface area contributed by atoms with Crippen molar-refractivity contribution < 1.29 is 37.1 Å². The van der Waals surface area contributed by atoms with Gasteiger partial charge in [-0.1, -0.05) is 47.4 Å². The van der Waals surface area contributed by atoms with Crippen molar-refractivity contribution in [1.82, 2.24) is 4.57 Å². The summed E-state index contributed by atoms with van der Waals surface area (Å²) < 4.78 is 56.7. The standard InChI is InChI=1S/C29H19F4N3O5S2/c30-15-7-5-14(6-8-15)21-22-23(26(40)36(25(22)39)19-4-2-1-3-18(19)29(31,32)33)42-27-24(21)43-28(41)35(27)13-20(38)34-16-9-11-17(37)12-10-16/h1-12,21-23,37H,13H2,(H,34,38). The third kappa shape index (κ3) is 5.10. The highest BCUT2D eigenvalue weighted by Gasteiger charge is 2.57. The Kier molecular flexibility index (Phi) is 7.13. The number of imide groups is 1. The van der Waals surface area contributed by atoms with E-state index in [1.54, 1.807) is 0 Å². The minimum atomic E-state index is -4.85. The van der Waals surface area contributed by atoms with E-state index in [0.717, 1.165) is 58.0 Å². The van der Waals surface area contributed by atoms with Gasteiger partial charge in [0.2, 0.25) is 17.7 Å². The van der Waals surface area contributed by atoms with Crippen LogP contribution in [-0.2, 0) is 27.1 Å². The van der Waals surface area contributed by atoms with Crippen molar-refractivity contribution in [2.24, 2.45) is 5.92 Å². The molecule has 0 bridgehead atoms. The number of fused-ring (bicyclic) bond motifs is 2. The number of para-hydroxylation sites is 1. The summed E-state index contributed by atoms with van der Waals surface area (Å²) >= 11 is 1.59. The molecule has 2 aliphatic rings. The Balaban J connectivity index is 1.43. The molecule has 3 amide bonds. The van der Waals surface area contributed by atoms with Crippen LogP contribution in [0.25, 0.3) is 0 Å². The van der Waals surface area contributed by atoms with Crippen molar-refractivity contribution in [3.8, 4) is 5.75 Å². The molecule has 1 aromatic heterocycles. The lowest BCUT2D eigenvalue weighted by atomic mass is 9.83. The molecule has 1 saturated heterocycles. The topological polar surface area (TPSA) is 109 Å². The second-order valence-corrected chi connectivity index (χ2v) is 12.0. The number of thiazole rings is 1. The molecule has 6 rings (SSSR count). The predicted molar refractivity (Wildman–Crippen MR) is 151 cm³/mol. The average molecular weight is 630 g/mol. The zero-order valence-corrected chi connectivity index (χ0v) is 23.3. The number of carbonyl (C=O) groups is 3. The van der Waals surface area contributed by atoms with Crippen LogP contribution in [0.1, 0.15) is 21.9 Å². The molecule has 3 heterocycles. The molecular weight excluding hydrogens is 610 g/mol. The number of thioether (sulfide) groups is 1. The molecule has 220 valence electrons. The van der Waals surface area contributed by atoms with Gasteiger partial charge < -0.3 is 10.4 Å². The van der Waals surface area contributed by atoms with E-state index < -0.39 is 69.5 Å². The van der Waals surface area contributed by atoms with Crippen molar-refractivity contribution >= 4 is 52.2 Å². The number of nitrogens with one attached hydrogen (secondary N) is 1. The number of aromatic hydroxyl groups is 1. The first-order valence-corrected chi connectivity index (χ1v) is 14.4. The lowest BCUT2D eigenvalue weighted by molar-refractivity contribution is -0.137. The van der Waals surface area contributed by atoms with Crippen molar-refractivity contribution in [3.63, 3.8) is 0 Å². The molecule has 43 heavy (non-hydrogen) atoms. The summed E-state index contributed by atoms with van der Waals surface area (Å²) in [6, 6.07) is 15.0. The molecule has 2 N–H and O–H groups in total. The molecular formula is C29H19F4N3O5S2. The Hall–Kier alpha value is -4.43. The smallest absolute Gasteiger partial charge is 0.418 e. The van der Waals surface area contributed by atoms with Crippen LogP contribution in [0.15, 0.2) is 82.6 Å². The van der Waals surface area contributed by atoms with E-state index in [4.69, 9.17) is 0 Å². The van der Waals surface area contributed by atoms with Crippen molar-refractivity contribution in [1.29, 1.82) is 0 Å². The maximum Gasteiger partial charge on any atom is 0.418 e. The van der Waals surface area contributed by atoms with Crippen LogP contribution in [0.3, 0.4) is 0 Å². The number of phenols is 1. The number of halogens is 4. The van der Waals surface area contributed by atoms with E-state index in [9.17, 15) is 41.8 Å². The summed E-state index contributed by atoms with van der Waals surface area (Å²) in [7, 11) is 0. The molecule has 3 atom stereocenters. The number of rotatable bonds is 5. The number of nitrogens with zero attached hydrogens (tertiary/aromatic N) is 2. The Morgan fingerprint density at radius 2 is 1.60 bits per heavy atom. The highest BCUT2D eigenvalue weighted by atomic mass is 32.2. The Labute approximate surface area is 248 Å². The fourth-order valence-electron chi connectivity index (χ4n) is 5.32. The van der Waals surface area contributed by atoms with Gasteiger partial charge in [0.05, 0.1) is 22.2 Å². The predicted octanol–water partition coefficient (Wildman–Crippen LogP) is 5.21. The largest absolute Gasteiger partial charge is 0.508 e. The normalized spacial score (nSPS) is 19.7. The highest BCUT2D eigenvalue weighted by Crippen LogP contribution is 2.54. The Morgan fingerprint density at radius 3 is 2.28 bits per heavy atom. The highest BCUT2D eigenvalue weighted by molar-refractivity contribution is 8.00. The number of hydrogen-bond donors (Lipinski definition) is 2. The second kappa shape index (κ2) is 10.7. The summed E-state index contributed by atoms with van der Waals surface area (Å²) in [6.07, 6.45) is -4.85. The van der Waals surface area contributed by atoms with Gasteiger partial charge in [0.25, 0.3) is 0 Å². The lowest BCUT2D eigenvalue weighted by Gasteiger charge is -2.30. The SMILES string of the molecule is O=C(Cn1c2c(sc1=O)C(c1ccc(F)cc1)C1C(=O)N(c3ccccc3C(F)(F)F)C(=O)C1S2)Nc1ccc(O)cc1. The number of benzene rings is 3. The minimum absolute atomic E-state index is 0.0124. The Morgan fingerprint density at radius 1 is 0.930 bits per heavy atom. The molecule has 8 nitrogen and oxygen atoms in total. The number of hydrogen-bond acceptors (Lipinski definition) is 7. The molecule has 4 aromatic rings. The summed E-state index contributed by atoms with van der Waals surface area (Å²) in [5, 5.41) is 11.1. The summed E-state index contributed by atoms with van der Waals surface area (Å²) in [4.78, 5) is 54.0. The summed E-state index contributed by atoms with van der Waals surface area (Å²) in [5.74, 6) is -5.12. The monoisotopic (exact) mass is 629 g/mol. The molecule has 0 spiro atoms. The quantitative estimate of drug-likeness (QED) is 0.178. The number of aromatic nitrogens is 1. The van der Waals surface area contributed by atoms with E-state index in [1.807, 2.05) is 0 Å². The van der Waals surface area contributed by atoms with Crippen LogP contribution in [0.4, 0.5) is 28.9 Å². The van der Waals surface area contributed by atoms with Gasteiger partial charge in [-0.2, -0.15) is 13.2 Å². The molecule has 1 fully saturated rings. The maximum absolute atomic E-state index is 13.9. The van der Waals surface area contributed by atoms with E-state index in [-0.39, 0.29) is 10.8 Å². The number of phenolic OH excluding ortho intramolecular Hbond substituents is 1. The maximum atomic E-state index is 13.9. The van der Waals surface area contributed by atoms with Crippen LogP contribution in [0.2, 0.25) is 0 Å². The van der Waals surface area contributed by atoms with Gasteiger partial charge in [0.15, 0.2) is 0 Å². The van der Waals surface area contributed by atoms with Crippen LogP contribution >= 0.6 is 23.1 Å².